The molecule has 4 aromatic rings. The first kappa shape index (κ1) is 38.8. The zero-order chi connectivity index (χ0) is 41.4. The van der Waals surface area contributed by atoms with Crippen molar-refractivity contribution in [1.82, 2.24) is 9.99 Å². The van der Waals surface area contributed by atoms with Crippen LogP contribution in [0, 0.1) is 33.8 Å². The van der Waals surface area contributed by atoms with Crippen molar-refractivity contribution in [2.45, 2.75) is 36.8 Å². The Labute approximate surface area is 337 Å². The van der Waals surface area contributed by atoms with Crippen molar-refractivity contribution in [3.05, 3.63) is 146 Å². The number of hydrogen-bond donors (Lipinski definition) is 2. The lowest BCUT2D eigenvalue weighted by Gasteiger charge is -2.50. The van der Waals surface area contributed by atoms with Crippen LogP contribution in [0.4, 0.5) is 30.4 Å². The van der Waals surface area contributed by atoms with Crippen molar-refractivity contribution >= 4 is 64.0 Å². The number of nitrogens with one attached hydrogen (secondary N) is 1. The van der Waals surface area contributed by atoms with Crippen LogP contribution in [0.1, 0.15) is 41.0 Å². The van der Waals surface area contributed by atoms with E-state index in [9.17, 15) is 42.8 Å². The van der Waals surface area contributed by atoms with Gasteiger partial charge in [0.05, 0.1) is 44.4 Å². The number of allylic oxidation sites excluding steroid dienone is 3. The molecule has 2 aliphatic carbocycles. The summed E-state index contributed by atoms with van der Waals surface area (Å²) >= 11 is 12.6. The normalized spacial score (nSPS) is 25.3. The van der Waals surface area contributed by atoms with Gasteiger partial charge < -0.3 is 5.11 Å². The SMILES string of the molecule is C=CCc1cccc(C2C3=CCC4C(=O)N(c5ccc([N+](=O)[O-])cc5)C(=O)C4C3CC3C(=O)N(Nc4ncc(C(F)(F)F)cc4Cl)C(=O)C32c2ccc(Cl)cc2)c1O. The average molecular weight is 833 g/mol. The fraction of sp³-hybridized carbons (Fsp3) is 0.244. The van der Waals surface area contributed by atoms with Crippen LogP contribution in [0.15, 0.2) is 103 Å². The van der Waals surface area contributed by atoms with Gasteiger partial charge in [0, 0.05) is 34.8 Å². The fourth-order valence-electron chi connectivity index (χ4n) is 9.27. The highest BCUT2D eigenvalue weighted by atomic mass is 35.5. The molecule has 4 amide bonds. The van der Waals surface area contributed by atoms with Crippen molar-refractivity contribution < 1.29 is 42.4 Å². The van der Waals surface area contributed by atoms with Gasteiger partial charge >= 0.3 is 6.18 Å². The van der Waals surface area contributed by atoms with Crippen molar-refractivity contribution in [1.29, 1.82) is 0 Å². The highest BCUT2D eigenvalue weighted by Crippen LogP contribution is 2.65. The summed E-state index contributed by atoms with van der Waals surface area (Å²) in [4.78, 5) is 74.4. The maximum atomic E-state index is 15.4. The van der Waals surface area contributed by atoms with Crippen LogP contribution >= 0.6 is 23.2 Å². The van der Waals surface area contributed by atoms with E-state index in [2.05, 4.69) is 17.0 Å². The second-order valence-electron chi connectivity index (χ2n) is 14.6. The molecule has 3 fully saturated rings. The molecule has 58 heavy (non-hydrogen) atoms. The van der Waals surface area contributed by atoms with E-state index < -0.39 is 86.1 Å². The minimum absolute atomic E-state index is 0.0463. The standard InChI is InChI=1S/C41H30Cl2F3N5O7/c1-2-4-20-5-3-6-28(34(20)52)33-26-15-16-27-32(38(55)49(36(27)53)24-11-13-25(14-12-24)51(57)58)29(26)18-30-37(54)50(39(56)40(30,33)21-7-9-23(42)10-8-21)48-35-31(43)17-22(19-47-35)41(44,45)46/h2-3,5-15,17,19,27,29-30,32-33,52H,1,4,16,18H2,(H,47,48). The number of halogens is 5. The molecular weight excluding hydrogens is 802 g/mol. The first-order valence-electron chi connectivity index (χ1n) is 18.0. The zero-order valence-electron chi connectivity index (χ0n) is 30.0. The molecule has 8 rings (SSSR count). The summed E-state index contributed by atoms with van der Waals surface area (Å²) in [6, 6.07) is 16.8. The molecule has 0 bridgehead atoms. The minimum atomic E-state index is -4.79. The number of phenols is 1. The molecule has 4 aliphatic rings. The van der Waals surface area contributed by atoms with Gasteiger partial charge in [0.15, 0.2) is 5.82 Å². The summed E-state index contributed by atoms with van der Waals surface area (Å²) in [5, 5.41) is 23.8. The smallest absolute Gasteiger partial charge is 0.417 e. The molecule has 1 saturated carbocycles. The summed E-state index contributed by atoms with van der Waals surface area (Å²) < 4.78 is 40.5. The van der Waals surface area contributed by atoms with Gasteiger partial charge in [-0.1, -0.05) is 71.3 Å². The lowest BCUT2D eigenvalue weighted by Crippen LogP contribution is -2.53. The molecule has 6 unspecified atom stereocenters. The lowest BCUT2D eigenvalue weighted by molar-refractivity contribution is -0.384. The number of carbonyl (C=O) groups is 4. The van der Waals surface area contributed by atoms with E-state index >= 15 is 4.79 Å². The number of alkyl halides is 3. The monoisotopic (exact) mass is 831 g/mol. The highest BCUT2D eigenvalue weighted by molar-refractivity contribution is 6.33. The Bertz CT molecular complexity index is 2480. The number of aromatic hydroxyl groups is 1. The van der Waals surface area contributed by atoms with Crippen LogP contribution in [0.2, 0.25) is 10.0 Å². The zero-order valence-corrected chi connectivity index (χ0v) is 31.5. The van der Waals surface area contributed by atoms with Gasteiger partial charge in [-0.05, 0) is 66.6 Å². The Morgan fingerprint density at radius 1 is 1.00 bits per heavy atom. The van der Waals surface area contributed by atoms with Gasteiger partial charge in [-0.25, -0.2) is 4.98 Å². The molecular formula is C41H30Cl2F3N5O7. The largest absolute Gasteiger partial charge is 0.507 e. The molecule has 3 heterocycles. The van der Waals surface area contributed by atoms with Crippen LogP contribution in [0.25, 0.3) is 0 Å². The number of anilines is 2. The molecule has 2 N–H and O–H groups in total. The molecule has 2 saturated heterocycles. The van der Waals surface area contributed by atoms with Crippen LogP contribution in [-0.2, 0) is 37.2 Å². The Morgan fingerprint density at radius 3 is 2.34 bits per heavy atom. The van der Waals surface area contributed by atoms with Crippen molar-refractivity contribution in [3.63, 3.8) is 0 Å². The summed E-state index contributed by atoms with van der Waals surface area (Å²) in [5.41, 5.74) is 0.958. The minimum Gasteiger partial charge on any atom is -0.507 e. The summed E-state index contributed by atoms with van der Waals surface area (Å²) in [6.07, 6.45) is -0.799. The Hall–Kier alpha value is -6.06. The van der Waals surface area contributed by atoms with Gasteiger partial charge in [-0.15, -0.1) is 6.58 Å². The molecule has 2 aliphatic heterocycles. The molecule has 17 heteroatoms. The maximum absolute atomic E-state index is 15.4. The number of fused-ring (bicyclic) bond motifs is 4. The first-order valence-corrected chi connectivity index (χ1v) is 18.7. The van der Waals surface area contributed by atoms with E-state index in [4.69, 9.17) is 23.2 Å². The van der Waals surface area contributed by atoms with Crippen molar-refractivity contribution in [2.24, 2.45) is 23.7 Å². The number of amides is 4. The first-order chi connectivity index (χ1) is 27.6. The topological polar surface area (TPSA) is 163 Å². The quantitative estimate of drug-likeness (QED) is 0.0777. The number of imide groups is 2. The third-order valence-electron chi connectivity index (χ3n) is 11.7. The molecule has 0 spiro atoms. The number of non-ortho nitro benzene ring substituents is 1. The van der Waals surface area contributed by atoms with E-state index in [0.717, 1.165) is 4.90 Å². The highest BCUT2D eigenvalue weighted by Gasteiger charge is 2.71. The number of hydrazine groups is 1. The van der Waals surface area contributed by atoms with Crippen molar-refractivity contribution in [3.8, 4) is 5.75 Å². The number of pyridine rings is 1. The van der Waals surface area contributed by atoms with Crippen LogP contribution in [0.5, 0.6) is 5.75 Å². The number of nitro benzene ring substituents is 1. The molecule has 1 aromatic heterocycles. The number of nitro groups is 1. The average Bonchev–Trinajstić information content (AvgIpc) is 3.57. The number of para-hydroxylation sites is 1. The van der Waals surface area contributed by atoms with Gasteiger partial charge in [-0.2, -0.15) is 18.2 Å². The second-order valence-corrected chi connectivity index (χ2v) is 15.4. The molecule has 0 radical (unpaired) electrons. The Kier molecular flexibility index (Phi) is 9.43. The van der Waals surface area contributed by atoms with Crippen molar-refractivity contribution in [2.75, 3.05) is 10.3 Å². The number of rotatable bonds is 8. The number of aromatic nitrogens is 1. The third-order valence-corrected chi connectivity index (χ3v) is 12.2. The van der Waals surface area contributed by atoms with E-state index in [-0.39, 0.29) is 42.0 Å². The van der Waals surface area contributed by atoms with Crippen LogP contribution < -0.4 is 10.3 Å². The van der Waals surface area contributed by atoms with E-state index in [1.54, 1.807) is 42.5 Å². The predicted molar refractivity (Wildman–Crippen MR) is 204 cm³/mol. The molecule has 6 atom stereocenters. The predicted octanol–water partition coefficient (Wildman–Crippen LogP) is 7.94. The van der Waals surface area contributed by atoms with E-state index in [1.807, 2.05) is 0 Å². The maximum Gasteiger partial charge on any atom is 0.417 e. The Balaban J connectivity index is 1.31. The van der Waals surface area contributed by atoms with Gasteiger partial charge in [0.25, 0.3) is 17.5 Å². The summed E-state index contributed by atoms with van der Waals surface area (Å²) in [5.74, 6) is -8.65. The molecule has 296 valence electrons. The van der Waals surface area contributed by atoms with Gasteiger partial charge in [0.2, 0.25) is 11.8 Å². The summed E-state index contributed by atoms with van der Waals surface area (Å²) in [6.45, 7) is 3.79. The number of carbonyl (C=O) groups excluding carboxylic acids is 4. The number of phenolic OH excluding ortho intramolecular Hbond substituents is 1. The Morgan fingerprint density at radius 2 is 1.71 bits per heavy atom. The van der Waals surface area contributed by atoms with Crippen LogP contribution in [-0.4, -0.2) is 43.7 Å². The summed E-state index contributed by atoms with van der Waals surface area (Å²) in [7, 11) is 0. The lowest BCUT2D eigenvalue weighted by atomic mass is 9.49. The number of nitrogens with zero attached hydrogens (tertiary/aromatic N) is 4. The second kappa shape index (κ2) is 14.1. The molecule has 3 aromatic carbocycles. The van der Waals surface area contributed by atoms with Gasteiger partial charge in [-0.3, -0.25) is 39.6 Å². The van der Waals surface area contributed by atoms with Crippen LogP contribution in [0.3, 0.4) is 0 Å². The number of hydrogen-bond acceptors (Lipinski definition) is 9. The van der Waals surface area contributed by atoms with E-state index in [1.165, 1.54) is 36.4 Å². The number of benzene rings is 3. The van der Waals surface area contributed by atoms with Gasteiger partial charge in [0.1, 0.15) is 5.75 Å². The van der Waals surface area contributed by atoms with E-state index in [0.29, 0.717) is 39.0 Å². The third kappa shape index (κ3) is 5.85. The fourth-order valence-corrected chi connectivity index (χ4v) is 9.60. The molecule has 12 nitrogen and oxygen atoms in total.